The van der Waals surface area contributed by atoms with Gasteiger partial charge in [-0.2, -0.15) is 0 Å². The number of phenols is 1. The molecular formula is C14H16O6. The number of rotatable bonds is 4. The summed E-state index contributed by atoms with van der Waals surface area (Å²) in [6.45, 7) is 0. The number of hydrogen-bond donors (Lipinski definition) is 3. The zero-order valence-corrected chi connectivity index (χ0v) is 11.0. The molecule has 0 atom stereocenters. The highest BCUT2D eigenvalue weighted by atomic mass is 16.5. The summed E-state index contributed by atoms with van der Waals surface area (Å²) in [7, 11) is 1.30. The highest BCUT2D eigenvalue weighted by Crippen LogP contribution is 2.47. The van der Waals surface area contributed by atoms with Crippen molar-refractivity contribution in [1.82, 2.24) is 0 Å². The van der Waals surface area contributed by atoms with E-state index < -0.39 is 17.4 Å². The molecule has 0 aliphatic heterocycles. The molecule has 0 heterocycles. The third kappa shape index (κ3) is 2.07. The van der Waals surface area contributed by atoms with Crippen LogP contribution in [0.4, 0.5) is 0 Å². The summed E-state index contributed by atoms with van der Waals surface area (Å²) in [6.07, 6.45) is 2.21. The summed E-state index contributed by atoms with van der Waals surface area (Å²) < 4.78 is 4.95. The molecule has 108 valence electrons. The van der Waals surface area contributed by atoms with E-state index in [1.165, 1.54) is 19.2 Å². The van der Waals surface area contributed by atoms with Crippen LogP contribution in [0.25, 0.3) is 0 Å². The van der Waals surface area contributed by atoms with Gasteiger partial charge in [-0.25, -0.2) is 4.79 Å². The minimum absolute atomic E-state index is 0.0209. The van der Waals surface area contributed by atoms with Crippen molar-refractivity contribution in [2.45, 2.75) is 31.1 Å². The van der Waals surface area contributed by atoms with E-state index in [0.29, 0.717) is 12.8 Å². The second kappa shape index (κ2) is 5.03. The second-order valence-corrected chi connectivity index (χ2v) is 4.97. The molecule has 1 aromatic rings. The molecule has 0 radical (unpaired) electrons. The number of carbonyl (C=O) groups is 2. The Morgan fingerprint density at radius 1 is 1.20 bits per heavy atom. The topological polar surface area (TPSA) is 104 Å². The lowest BCUT2D eigenvalue weighted by atomic mass is 9.77. The fraction of sp³-hybridized carbons (Fsp3) is 0.429. The predicted molar refractivity (Wildman–Crippen MR) is 69.4 cm³/mol. The van der Waals surface area contributed by atoms with Gasteiger partial charge in [-0.05, 0) is 25.0 Å². The van der Waals surface area contributed by atoms with E-state index in [1.807, 2.05) is 0 Å². The Morgan fingerprint density at radius 2 is 1.80 bits per heavy atom. The van der Waals surface area contributed by atoms with Gasteiger partial charge in [0, 0.05) is 5.56 Å². The monoisotopic (exact) mass is 280 g/mol. The van der Waals surface area contributed by atoms with Crippen LogP contribution in [0.1, 0.15) is 41.6 Å². The summed E-state index contributed by atoms with van der Waals surface area (Å²) in [6, 6.07) is 2.42. The van der Waals surface area contributed by atoms with Gasteiger partial charge in [-0.1, -0.05) is 12.8 Å². The summed E-state index contributed by atoms with van der Waals surface area (Å²) >= 11 is 0. The third-order valence-electron chi connectivity index (χ3n) is 3.92. The molecule has 0 amide bonds. The summed E-state index contributed by atoms with van der Waals surface area (Å²) in [5, 5.41) is 28.8. The highest BCUT2D eigenvalue weighted by Gasteiger charge is 2.45. The average Bonchev–Trinajstić information content (AvgIpc) is 2.89. The summed E-state index contributed by atoms with van der Waals surface area (Å²) in [4.78, 5) is 22.8. The van der Waals surface area contributed by atoms with Crippen molar-refractivity contribution < 1.29 is 29.6 Å². The Morgan fingerprint density at radius 3 is 2.25 bits per heavy atom. The van der Waals surface area contributed by atoms with Crippen LogP contribution in [-0.2, 0) is 10.2 Å². The lowest BCUT2D eigenvalue weighted by Crippen LogP contribution is -2.33. The molecule has 0 spiro atoms. The Labute approximate surface area is 115 Å². The van der Waals surface area contributed by atoms with Gasteiger partial charge in [0.25, 0.3) is 0 Å². The molecule has 0 unspecified atom stereocenters. The minimum Gasteiger partial charge on any atom is -0.504 e. The molecule has 6 heteroatoms. The first-order chi connectivity index (χ1) is 9.42. The van der Waals surface area contributed by atoms with Crippen LogP contribution in [0.15, 0.2) is 12.1 Å². The lowest BCUT2D eigenvalue weighted by molar-refractivity contribution is -0.143. The zero-order chi connectivity index (χ0) is 14.9. The second-order valence-electron chi connectivity index (χ2n) is 4.97. The molecule has 1 saturated carbocycles. The van der Waals surface area contributed by atoms with Gasteiger partial charge in [0.1, 0.15) is 0 Å². The minimum atomic E-state index is -1.23. The van der Waals surface area contributed by atoms with E-state index in [-0.39, 0.29) is 22.6 Å². The molecule has 1 aliphatic carbocycles. The molecule has 0 bridgehead atoms. The number of carboxylic acids is 2. The molecule has 1 aliphatic rings. The highest BCUT2D eigenvalue weighted by molar-refractivity contribution is 5.91. The van der Waals surface area contributed by atoms with E-state index in [9.17, 15) is 19.8 Å². The fourth-order valence-corrected chi connectivity index (χ4v) is 2.83. The van der Waals surface area contributed by atoms with Gasteiger partial charge in [0.2, 0.25) is 0 Å². The molecular weight excluding hydrogens is 264 g/mol. The van der Waals surface area contributed by atoms with Crippen LogP contribution in [0.3, 0.4) is 0 Å². The zero-order valence-electron chi connectivity index (χ0n) is 11.0. The maximum absolute atomic E-state index is 11.7. The molecule has 2 rings (SSSR count). The van der Waals surface area contributed by atoms with Crippen LogP contribution in [-0.4, -0.2) is 34.4 Å². The van der Waals surface area contributed by atoms with Crippen molar-refractivity contribution in [1.29, 1.82) is 0 Å². The Balaban J connectivity index is 2.68. The molecule has 6 nitrogen and oxygen atoms in total. The Bertz CT molecular complexity index is 557. The number of carboxylic acid groups (broad SMARTS) is 2. The van der Waals surface area contributed by atoms with E-state index in [0.717, 1.165) is 12.8 Å². The van der Waals surface area contributed by atoms with Crippen LogP contribution in [0.2, 0.25) is 0 Å². The number of aromatic hydroxyl groups is 1. The van der Waals surface area contributed by atoms with Crippen molar-refractivity contribution in [2.24, 2.45) is 0 Å². The Hall–Kier alpha value is -2.24. The summed E-state index contributed by atoms with van der Waals surface area (Å²) in [5.74, 6) is -2.55. The summed E-state index contributed by atoms with van der Waals surface area (Å²) in [5.41, 5.74) is -1.20. The smallest absolute Gasteiger partial charge is 0.335 e. The number of methoxy groups -OCH3 is 1. The van der Waals surface area contributed by atoms with Gasteiger partial charge in [-0.15, -0.1) is 0 Å². The van der Waals surface area contributed by atoms with Crippen LogP contribution in [0, 0.1) is 0 Å². The van der Waals surface area contributed by atoms with Crippen molar-refractivity contribution in [3.8, 4) is 11.5 Å². The van der Waals surface area contributed by atoms with Gasteiger partial charge in [0.15, 0.2) is 11.5 Å². The quantitative estimate of drug-likeness (QED) is 0.779. The number of hydrogen-bond acceptors (Lipinski definition) is 4. The first-order valence-electron chi connectivity index (χ1n) is 6.30. The molecule has 0 saturated heterocycles. The SMILES string of the molecule is COc1cc(C(=O)O)cc(C2(C(=O)O)CCCC2)c1O. The average molecular weight is 280 g/mol. The number of aliphatic carboxylic acids is 1. The number of benzene rings is 1. The van der Waals surface area contributed by atoms with Crippen molar-refractivity contribution in [3.63, 3.8) is 0 Å². The molecule has 0 aromatic heterocycles. The first-order valence-corrected chi connectivity index (χ1v) is 6.30. The van der Waals surface area contributed by atoms with E-state index in [1.54, 1.807) is 0 Å². The maximum Gasteiger partial charge on any atom is 0.335 e. The van der Waals surface area contributed by atoms with Gasteiger partial charge in [0.05, 0.1) is 18.1 Å². The first kappa shape index (κ1) is 14.2. The molecule has 3 N–H and O–H groups in total. The van der Waals surface area contributed by atoms with Crippen molar-refractivity contribution in [2.75, 3.05) is 7.11 Å². The predicted octanol–water partition coefficient (Wildman–Crippen LogP) is 2.00. The molecule has 20 heavy (non-hydrogen) atoms. The van der Waals surface area contributed by atoms with Crippen molar-refractivity contribution in [3.05, 3.63) is 23.3 Å². The van der Waals surface area contributed by atoms with Crippen molar-refractivity contribution >= 4 is 11.9 Å². The molecule has 1 fully saturated rings. The Kier molecular flexibility index (Phi) is 3.57. The standard InChI is InChI=1S/C14H16O6/c1-20-10-7-8(12(16)17)6-9(11(10)15)14(13(18)19)4-2-3-5-14/h6-7,15H,2-5H2,1H3,(H,16,17)(H,18,19). The lowest BCUT2D eigenvalue weighted by Gasteiger charge is -2.26. The number of aromatic carboxylic acids is 1. The van der Waals surface area contributed by atoms with Crippen LogP contribution >= 0.6 is 0 Å². The maximum atomic E-state index is 11.7. The largest absolute Gasteiger partial charge is 0.504 e. The fourth-order valence-electron chi connectivity index (χ4n) is 2.83. The van der Waals surface area contributed by atoms with E-state index in [2.05, 4.69) is 0 Å². The normalized spacial score (nSPS) is 16.9. The van der Waals surface area contributed by atoms with Gasteiger partial charge < -0.3 is 20.1 Å². The van der Waals surface area contributed by atoms with Crippen LogP contribution < -0.4 is 4.74 Å². The van der Waals surface area contributed by atoms with E-state index in [4.69, 9.17) is 9.84 Å². The van der Waals surface area contributed by atoms with Crippen LogP contribution in [0.5, 0.6) is 11.5 Å². The van der Waals surface area contributed by atoms with E-state index >= 15 is 0 Å². The van der Waals surface area contributed by atoms with Gasteiger partial charge in [-0.3, -0.25) is 4.79 Å². The molecule has 1 aromatic carbocycles. The third-order valence-corrected chi connectivity index (χ3v) is 3.92. The number of ether oxygens (including phenoxy) is 1. The van der Waals surface area contributed by atoms with Gasteiger partial charge >= 0.3 is 11.9 Å². The number of phenolic OH excluding ortho intramolecular Hbond substituents is 1.